The van der Waals surface area contributed by atoms with Gasteiger partial charge >= 0.3 is 0 Å². The molecule has 2 saturated heterocycles. The highest BCUT2D eigenvalue weighted by atomic mass is 16.3. The fourth-order valence-corrected chi connectivity index (χ4v) is 3.16. The van der Waals surface area contributed by atoms with Crippen LogP contribution in [0.4, 0.5) is 0 Å². The van der Waals surface area contributed by atoms with Gasteiger partial charge in [-0.15, -0.1) is 0 Å². The lowest BCUT2D eigenvalue weighted by Crippen LogP contribution is -2.58. The summed E-state index contributed by atoms with van der Waals surface area (Å²) in [5.74, 6) is -0.317. The van der Waals surface area contributed by atoms with Gasteiger partial charge < -0.3 is 20.2 Å². The molecule has 1 atom stereocenters. The summed E-state index contributed by atoms with van der Waals surface area (Å²) in [4.78, 5) is 32.6. The van der Waals surface area contributed by atoms with Crippen LogP contribution in [0.2, 0.25) is 0 Å². The Morgan fingerprint density at radius 2 is 2.09 bits per heavy atom. The maximum atomic E-state index is 12.3. The van der Waals surface area contributed by atoms with E-state index in [2.05, 4.69) is 15.2 Å². The summed E-state index contributed by atoms with van der Waals surface area (Å²) in [5, 5.41) is 11.9. The number of amides is 2. The normalized spacial score (nSPS) is 22.3. The molecule has 7 heteroatoms. The summed E-state index contributed by atoms with van der Waals surface area (Å²) in [6, 6.07) is 5.59. The van der Waals surface area contributed by atoms with Crippen LogP contribution in [-0.2, 0) is 22.7 Å². The van der Waals surface area contributed by atoms with E-state index in [0.717, 1.165) is 13.1 Å². The lowest BCUT2D eigenvalue weighted by atomic mass is 10.1. The van der Waals surface area contributed by atoms with Gasteiger partial charge in [-0.1, -0.05) is 6.07 Å². The number of rotatable bonds is 5. The zero-order valence-electron chi connectivity index (χ0n) is 13.2. The molecule has 0 aromatic carbocycles. The van der Waals surface area contributed by atoms with Crippen molar-refractivity contribution in [2.45, 2.75) is 25.6 Å². The summed E-state index contributed by atoms with van der Waals surface area (Å²) in [6.45, 7) is 2.47. The third-order valence-electron chi connectivity index (χ3n) is 4.49. The minimum Gasteiger partial charge on any atom is -0.390 e. The van der Waals surface area contributed by atoms with Gasteiger partial charge in [-0.25, -0.2) is 0 Å². The molecule has 2 amide bonds. The third-order valence-corrected chi connectivity index (χ3v) is 4.49. The fourth-order valence-electron chi connectivity index (χ4n) is 3.16. The van der Waals surface area contributed by atoms with Gasteiger partial charge in [-0.05, 0) is 19.2 Å². The predicted molar refractivity (Wildman–Crippen MR) is 83.1 cm³/mol. The summed E-state index contributed by atoms with van der Waals surface area (Å²) in [6.07, 6.45) is 0.288. The van der Waals surface area contributed by atoms with Crippen molar-refractivity contribution in [1.82, 2.24) is 20.1 Å². The lowest BCUT2D eigenvalue weighted by molar-refractivity contribution is -0.132. The van der Waals surface area contributed by atoms with Crippen molar-refractivity contribution in [1.29, 1.82) is 0 Å². The minimum atomic E-state index is -0.283. The molecule has 0 bridgehead atoms. The lowest BCUT2D eigenvalue weighted by Gasteiger charge is -2.42. The van der Waals surface area contributed by atoms with Crippen molar-refractivity contribution in [2.24, 2.45) is 5.92 Å². The second-order valence-electron chi connectivity index (χ2n) is 6.32. The number of pyridine rings is 1. The van der Waals surface area contributed by atoms with Gasteiger partial charge in [0, 0.05) is 26.1 Å². The van der Waals surface area contributed by atoms with Crippen LogP contribution in [0.1, 0.15) is 17.8 Å². The topological polar surface area (TPSA) is 85.8 Å². The average Bonchev–Trinajstić information content (AvgIpc) is 2.91. The molecule has 0 spiro atoms. The molecule has 3 rings (SSSR count). The zero-order chi connectivity index (χ0) is 16.4. The smallest absolute Gasteiger partial charge is 0.225 e. The van der Waals surface area contributed by atoms with Crippen molar-refractivity contribution in [3.63, 3.8) is 0 Å². The first-order valence-corrected chi connectivity index (χ1v) is 7.88. The first-order valence-electron chi connectivity index (χ1n) is 7.88. The second-order valence-corrected chi connectivity index (χ2v) is 6.32. The Labute approximate surface area is 135 Å². The van der Waals surface area contributed by atoms with Crippen LogP contribution in [0.5, 0.6) is 0 Å². The highest BCUT2D eigenvalue weighted by molar-refractivity contribution is 5.89. The monoisotopic (exact) mass is 318 g/mol. The van der Waals surface area contributed by atoms with Crippen molar-refractivity contribution < 1.29 is 14.7 Å². The number of nitrogens with one attached hydrogen (secondary N) is 1. The van der Waals surface area contributed by atoms with Crippen LogP contribution in [0.25, 0.3) is 0 Å². The summed E-state index contributed by atoms with van der Waals surface area (Å²) in [5.41, 5.74) is 1.28. The third kappa shape index (κ3) is 3.51. The van der Waals surface area contributed by atoms with Gasteiger partial charge in [0.05, 0.1) is 36.5 Å². The van der Waals surface area contributed by atoms with Crippen molar-refractivity contribution >= 4 is 11.8 Å². The Balaban J connectivity index is 1.51. The molecular formula is C16H22N4O3. The van der Waals surface area contributed by atoms with E-state index < -0.39 is 0 Å². The largest absolute Gasteiger partial charge is 0.390 e. The van der Waals surface area contributed by atoms with Crippen LogP contribution in [0.3, 0.4) is 0 Å². The Morgan fingerprint density at radius 1 is 1.35 bits per heavy atom. The first kappa shape index (κ1) is 15.9. The maximum Gasteiger partial charge on any atom is 0.225 e. The van der Waals surface area contributed by atoms with E-state index in [1.54, 1.807) is 18.2 Å². The molecule has 124 valence electrons. The molecule has 3 heterocycles. The second kappa shape index (κ2) is 6.64. The molecule has 2 fully saturated rings. The van der Waals surface area contributed by atoms with Gasteiger partial charge in [0.2, 0.25) is 11.8 Å². The molecule has 1 aromatic heterocycles. The molecule has 0 radical (unpaired) electrons. The number of aliphatic hydroxyl groups is 1. The number of hydrogen-bond acceptors (Lipinski definition) is 5. The van der Waals surface area contributed by atoms with Crippen molar-refractivity contribution in [3.8, 4) is 0 Å². The molecule has 2 aliphatic rings. The van der Waals surface area contributed by atoms with Crippen LogP contribution >= 0.6 is 0 Å². The molecule has 2 N–H and O–H groups in total. The SMILES string of the molecule is CN1CC(N2CC(C(=O)NCc3cccc(CO)n3)CC2=O)C1. The molecule has 7 nitrogen and oxygen atoms in total. The van der Waals surface area contributed by atoms with Crippen molar-refractivity contribution in [2.75, 3.05) is 26.7 Å². The molecular weight excluding hydrogens is 296 g/mol. The van der Waals surface area contributed by atoms with E-state index in [1.807, 2.05) is 11.9 Å². The van der Waals surface area contributed by atoms with Gasteiger partial charge in [-0.2, -0.15) is 0 Å². The first-order chi connectivity index (χ1) is 11.1. The van der Waals surface area contributed by atoms with Gasteiger partial charge in [-0.3, -0.25) is 14.6 Å². The number of nitrogens with zero attached hydrogens (tertiary/aromatic N) is 3. The Bertz CT molecular complexity index is 601. The van der Waals surface area contributed by atoms with Crippen LogP contribution in [-0.4, -0.2) is 64.4 Å². The number of likely N-dealkylation sites (N-methyl/N-ethyl adjacent to an activating group) is 1. The number of aliphatic hydroxyl groups excluding tert-OH is 1. The number of hydrogen-bond donors (Lipinski definition) is 2. The molecule has 23 heavy (non-hydrogen) atoms. The molecule has 0 saturated carbocycles. The van der Waals surface area contributed by atoms with Gasteiger partial charge in [0.25, 0.3) is 0 Å². The minimum absolute atomic E-state index is 0.0728. The molecule has 0 aliphatic carbocycles. The van der Waals surface area contributed by atoms with Crippen LogP contribution in [0.15, 0.2) is 18.2 Å². The van der Waals surface area contributed by atoms with Crippen LogP contribution < -0.4 is 5.32 Å². The molecule has 2 aliphatic heterocycles. The van der Waals surface area contributed by atoms with E-state index in [1.165, 1.54) is 0 Å². The van der Waals surface area contributed by atoms with E-state index in [0.29, 0.717) is 24.5 Å². The number of carbonyl (C=O) groups excluding carboxylic acids is 2. The van der Waals surface area contributed by atoms with E-state index in [4.69, 9.17) is 5.11 Å². The van der Waals surface area contributed by atoms with E-state index >= 15 is 0 Å². The van der Waals surface area contributed by atoms with E-state index in [9.17, 15) is 9.59 Å². The standard InChI is InChI=1S/C16H22N4O3/c1-19-8-14(9-19)20-7-11(5-15(20)22)16(23)17-6-12-3-2-4-13(10-21)18-12/h2-4,11,14,21H,5-10H2,1H3,(H,17,23). The van der Waals surface area contributed by atoms with Crippen LogP contribution in [0, 0.1) is 5.92 Å². The Hall–Kier alpha value is -1.99. The van der Waals surface area contributed by atoms with Gasteiger partial charge in [0.15, 0.2) is 0 Å². The zero-order valence-corrected chi connectivity index (χ0v) is 13.2. The molecule has 1 aromatic rings. The van der Waals surface area contributed by atoms with Crippen molar-refractivity contribution in [3.05, 3.63) is 29.6 Å². The summed E-state index contributed by atoms with van der Waals surface area (Å²) >= 11 is 0. The summed E-state index contributed by atoms with van der Waals surface area (Å²) < 4.78 is 0. The number of carbonyl (C=O) groups is 2. The Morgan fingerprint density at radius 3 is 2.78 bits per heavy atom. The quantitative estimate of drug-likeness (QED) is 0.754. The van der Waals surface area contributed by atoms with E-state index in [-0.39, 0.29) is 36.8 Å². The average molecular weight is 318 g/mol. The number of likely N-dealkylation sites (tertiary alicyclic amines) is 2. The highest BCUT2D eigenvalue weighted by Gasteiger charge is 2.41. The Kier molecular flexibility index (Phi) is 4.58. The number of aromatic nitrogens is 1. The van der Waals surface area contributed by atoms with Gasteiger partial charge in [0.1, 0.15) is 0 Å². The molecule has 1 unspecified atom stereocenters. The highest BCUT2D eigenvalue weighted by Crippen LogP contribution is 2.24. The maximum absolute atomic E-state index is 12.3. The predicted octanol–water partition coefficient (Wildman–Crippen LogP) is -0.647. The fraction of sp³-hybridized carbons (Fsp3) is 0.562. The summed E-state index contributed by atoms with van der Waals surface area (Å²) in [7, 11) is 2.02.